The summed E-state index contributed by atoms with van der Waals surface area (Å²) in [4.78, 5) is 0. The molecule has 2 N–H and O–H groups in total. The number of rotatable bonds is 8. The molecule has 3 nitrogen and oxygen atoms in total. The molecule has 1 aromatic carbocycles. The van der Waals surface area contributed by atoms with E-state index in [2.05, 4.69) is 41.2 Å². The fraction of sp³-hybridized carbons (Fsp3) is 0.600. The molecule has 0 aliphatic carbocycles. The minimum Gasteiger partial charge on any atom is -0.493 e. The van der Waals surface area contributed by atoms with Crippen molar-refractivity contribution in [3.8, 4) is 5.75 Å². The molecule has 4 heteroatoms. The lowest BCUT2D eigenvalue weighted by atomic mass is 10.1. The molecule has 0 aliphatic rings. The van der Waals surface area contributed by atoms with Crippen LogP contribution in [0, 0.1) is 5.92 Å². The zero-order valence-electron chi connectivity index (χ0n) is 11.9. The SMILES string of the molecule is CCCNC(C)c1ccc(Br)cc1OCC(C)CO. The first-order valence-electron chi connectivity index (χ1n) is 6.85. The van der Waals surface area contributed by atoms with Gasteiger partial charge in [0.15, 0.2) is 0 Å². The lowest BCUT2D eigenvalue weighted by Crippen LogP contribution is -2.21. The van der Waals surface area contributed by atoms with Crippen molar-refractivity contribution in [2.24, 2.45) is 5.92 Å². The highest BCUT2D eigenvalue weighted by Gasteiger charge is 2.12. The van der Waals surface area contributed by atoms with Gasteiger partial charge in [-0.2, -0.15) is 0 Å². The maximum absolute atomic E-state index is 9.06. The number of hydrogen-bond donors (Lipinski definition) is 2. The molecule has 2 atom stereocenters. The number of ether oxygens (including phenoxy) is 1. The van der Waals surface area contributed by atoms with E-state index in [0.717, 1.165) is 28.8 Å². The van der Waals surface area contributed by atoms with Gasteiger partial charge in [-0.05, 0) is 32.0 Å². The highest BCUT2D eigenvalue weighted by atomic mass is 79.9. The molecular weight excluding hydrogens is 306 g/mol. The second-order valence-corrected chi connectivity index (χ2v) is 5.87. The number of aliphatic hydroxyl groups excluding tert-OH is 1. The quantitative estimate of drug-likeness (QED) is 0.766. The highest BCUT2D eigenvalue weighted by molar-refractivity contribution is 9.10. The van der Waals surface area contributed by atoms with Crippen LogP contribution in [-0.4, -0.2) is 24.9 Å². The zero-order valence-corrected chi connectivity index (χ0v) is 13.5. The molecule has 0 radical (unpaired) electrons. The largest absolute Gasteiger partial charge is 0.493 e. The summed E-state index contributed by atoms with van der Waals surface area (Å²) in [5, 5.41) is 12.5. The average Bonchev–Trinajstić information content (AvgIpc) is 2.42. The molecule has 0 amide bonds. The van der Waals surface area contributed by atoms with Crippen LogP contribution >= 0.6 is 15.9 Å². The third-order valence-corrected chi connectivity index (χ3v) is 3.47. The molecule has 0 saturated carbocycles. The first kappa shape index (κ1) is 16.5. The Labute approximate surface area is 124 Å². The predicted octanol–water partition coefficient (Wildman–Crippen LogP) is 3.52. The molecule has 19 heavy (non-hydrogen) atoms. The van der Waals surface area contributed by atoms with Gasteiger partial charge in [0.05, 0.1) is 6.61 Å². The molecule has 108 valence electrons. The summed E-state index contributed by atoms with van der Waals surface area (Å²) < 4.78 is 6.85. The van der Waals surface area contributed by atoms with E-state index in [0.29, 0.717) is 6.61 Å². The fourth-order valence-corrected chi connectivity index (χ4v) is 2.09. The van der Waals surface area contributed by atoms with E-state index in [1.807, 2.05) is 19.1 Å². The standard InChI is InChI=1S/C15H24BrNO2/c1-4-7-17-12(3)14-6-5-13(16)8-15(14)19-10-11(2)9-18/h5-6,8,11-12,17-18H,4,7,9-10H2,1-3H3. The number of aliphatic hydroxyl groups is 1. The Balaban J connectivity index is 2.78. The van der Waals surface area contributed by atoms with Crippen molar-refractivity contribution >= 4 is 15.9 Å². The van der Waals surface area contributed by atoms with Gasteiger partial charge < -0.3 is 15.2 Å². The molecule has 1 aromatic rings. The number of benzene rings is 1. The minimum atomic E-state index is 0.144. The van der Waals surface area contributed by atoms with Crippen LogP contribution in [-0.2, 0) is 0 Å². The molecular formula is C15H24BrNO2. The minimum absolute atomic E-state index is 0.144. The van der Waals surface area contributed by atoms with Gasteiger partial charge >= 0.3 is 0 Å². The van der Waals surface area contributed by atoms with Crippen LogP contribution in [0.3, 0.4) is 0 Å². The first-order valence-corrected chi connectivity index (χ1v) is 7.64. The summed E-state index contributed by atoms with van der Waals surface area (Å²) in [5.41, 5.74) is 1.15. The molecule has 1 rings (SSSR count). The van der Waals surface area contributed by atoms with Gasteiger partial charge in [0.1, 0.15) is 5.75 Å². The van der Waals surface area contributed by atoms with Gasteiger partial charge in [0, 0.05) is 28.6 Å². The lowest BCUT2D eigenvalue weighted by Gasteiger charge is -2.19. The van der Waals surface area contributed by atoms with Crippen molar-refractivity contribution in [2.45, 2.75) is 33.2 Å². The Hall–Kier alpha value is -0.580. The smallest absolute Gasteiger partial charge is 0.125 e. The third-order valence-electron chi connectivity index (χ3n) is 2.98. The van der Waals surface area contributed by atoms with Crippen LogP contribution in [0.4, 0.5) is 0 Å². The van der Waals surface area contributed by atoms with Crippen LogP contribution in [0.1, 0.15) is 38.8 Å². The maximum atomic E-state index is 9.06. The van der Waals surface area contributed by atoms with Crippen molar-refractivity contribution in [1.29, 1.82) is 0 Å². The van der Waals surface area contributed by atoms with E-state index < -0.39 is 0 Å². The van der Waals surface area contributed by atoms with Crippen LogP contribution < -0.4 is 10.1 Å². The second kappa shape index (κ2) is 8.56. The number of hydrogen-bond acceptors (Lipinski definition) is 3. The summed E-state index contributed by atoms with van der Waals surface area (Å²) in [5.74, 6) is 1.02. The van der Waals surface area contributed by atoms with Gasteiger partial charge in [-0.15, -0.1) is 0 Å². The van der Waals surface area contributed by atoms with E-state index in [1.54, 1.807) is 0 Å². The zero-order chi connectivity index (χ0) is 14.3. The summed E-state index contributed by atoms with van der Waals surface area (Å²) in [6, 6.07) is 6.36. The molecule has 0 saturated heterocycles. The van der Waals surface area contributed by atoms with Crippen molar-refractivity contribution in [2.75, 3.05) is 19.8 Å². The average molecular weight is 330 g/mol. The van der Waals surface area contributed by atoms with Crippen molar-refractivity contribution < 1.29 is 9.84 Å². The second-order valence-electron chi connectivity index (χ2n) is 4.96. The van der Waals surface area contributed by atoms with E-state index in [9.17, 15) is 0 Å². The van der Waals surface area contributed by atoms with Gasteiger partial charge in [-0.3, -0.25) is 0 Å². The van der Waals surface area contributed by atoms with Crippen LogP contribution in [0.5, 0.6) is 5.75 Å². The van der Waals surface area contributed by atoms with Crippen LogP contribution in [0.15, 0.2) is 22.7 Å². The van der Waals surface area contributed by atoms with E-state index in [-0.39, 0.29) is 18.6 Å². The molecule has 0 bridgehead atoms. The van der Waals surface area contributed by atoms with Crippen LogP contribution in [0.2, 0.25) is 0 Å². The van der Waals surface area contributed by atoms with E-state index in [1.165, 1.54) is 0 Å². The summed E-state index contributed by atoms with van der Waals surface area (Å²) >= 11 is 3.47. The molecule has 0 spiro atoms. The normalized spacial score (nSPS) is 14.2. The maximum Gasteiger partial charge on any atom is 0.125 e. The molecule has 0 aliphatic heterocycles. The Morgan fingerprint density at radius 1 is 1.37 bits per heavy atom. The van der Waals surface area contributed by atoms with Gasteiger partial charge in [0.25, 0.3) is 0 Å². The Kier molecular flexibility index (Phi) is 7.42. The van der Waals surface area contributed by atoms with Crippen molar-refractivity contribution in [1.82, 2.24) is 5.32 Å². The molecule has 0 aromatic heterocycles. The highest BCUT2D eigenvalue weighted by Crippen LogP contribution is 2.29. The molecule has 0 fully saturated rings. The van der Waals surface area contributed by atoms with Gasteiger partial charge in [-0.25, -0.2) is 0 Å². The van der Waals surface area contributed by atoms with E-state index >= 15 is 0 Å². The third kappa shape index (κ3) is 5.51. The van der Waals surface area contributed by atoms with Crippen molar-refractivity contribution in [3.63, 3.8) is 0 Å². The van der Waals surface area contributed by atoms with Gasteiger partial charge in [0.2, 0.25) is 0 Å². The topological polar surface area (TPSA) is 41.5 Å². The summed E-state index contributed by atoms with van der Waals surface area (Å²) in [6.07, 6.45) is 1.11. The Bertz CT molecular complexity index is 384. The monoisotopic (exact) mass is 329 g/mol. The van der Waals surface area contributed by atoms with Crippen LogP contribution in [0.25, 0.3) is 0 Å². The summed E-state index contributed by atoms with van der Waals surface area (Å²) in [6.45, 7) is 7.93. The predicted molar refractivity (Wildman–Crippen MR) is 82.6 cm³/mol. The number of halogens is 1. The Morgan fingerprint density at radius 2 is 2.11 bits per heavy atom. The lowest BCUT2D eigenvalue weighted by molar-refractivity contribution is 0.173. The first-order chi connectivity index (χ1) is 9.08. The summed E-state index contributed by atoms with van der Waals surface area (Å²) in [7, 11) is 0. The van der Waals surface area contributed by atoms with Gasteiger partial charge in [-0.1, -0.05) is 35.8 Å². The Morgan fingerprint density at radius 3 is 2.74 bits per heavy atom. The molecule has 2 unspecified atom stereocenters. The number of nitrogens with one attached hydrogen (secondary N) is 1. The fourth-order valence-electron chi connectivity index (χ4n) is 1.75. The molecule has 0 heterocycles. The van der Waals surface area contributed by atoms with E-state index in [4.69, 9.17) is 9.84 Å². The van der Waals surface area contributed by atoms with Crippen molar-refractivity contribution in [3.05, 3.63) is 28.2 Å².